The van der Waals surface area contributed by atoms with E-state index in [0.717, 1.165) is 36.1 Å². The predicted octanol–water partition coefficient (Wildman–Crippen LogP) is 2.59. The molecule has 0 spiro atoms. The Labute approximate surface area is 174 Å². The van der Waals surface area contributed by atoms with Crippen LogP contribution in [0.1, 0.15) is 36.1 Å². The number of aromatic nitrogens is 2. The van der Waals surface area contributed by atoms with Crippen LogP contribution in [-0.4, -0.2) is 43.8 Å². The van der Waals surface area contributed by atoms with Crippen molar-refractivity contribution in [2.45, 2.75) is 55.8 Å². The Morgan fingerprint density at radius 2 is 2.07 bits per heavy atom. The van der Waals surface area contributed by atoms with E-state index in [9.17, 15) is 18.1 Å². The van der Waals surface area contributed by atoms with E-state index < -0.39 is 22.9 Å². The van der Waals surface area contributed by atoms with Crippen LogP contribution in [0, 0.1) is 0 Å². The topological polar surface area (TPSA) is 87.6 Å². The number of aliphatic hydroxyl groups is 1. The molecule has 2 aliphatic heterocycles. The van der Waals surface area contributed by atoms with Crippen LogP contribution >= 0.6 is 0 Å². The van der Waals surface area contributed by atoms with Crippen molar-refractivity contribution < 1.29 is 22.8 Å². The fourth-order valence-electron chi connectivity index (χ4n) is 4.28. The van der Waals surface area contributed by atoms with E-state index in [-0.39, 0.29) is 12.4 Å². The molecule has 1 saturated carbocycles. The monoisotopic (exact) mass is 436 g/mol. The first-order valence-electron chi connectivity index (χ1n) is 9.96. The molecule has 1 fully saturated rings. The quantitative estimate of drug-likeness (QED) is 0.720. The zero-order valence-electron chi connectivity index (χ0n) is 16.2. The molecule has 7 nitrogen and oxygen atoms in total. The maximum atomic E-state index is 12.5. The third kappa shape index (κ3) is 3.41. The Bertz CT molecular complexity index is 1010. The zero-order valence-corrected chi connectivity index (χ0v) is 17.1. The fourth-order valence-corrected chi connectivity index (χ4v) is 5.58. The Balaban J connectivity index is 1.45. The number of nitrogens with one attached hydrogen (secondary N) is 1. The minimum Gasteiger partial charge on any atom is -0.435 e. The molecule has 2 N–H and O–H groups in total. The van der Waals surface area contributed by atoms with Crippen molar-refractivity contribution in [3.8, 4) is 5.75 Å². The highest BCUT2D eigenvalue weighted by Gasteiger charge is 2.39. The minimum absolute atomic E-state index is 0.00415. The second-order valence-corrected chi connectivity index (χ2v) is 9.54. The van der Waals surface area contributed by atoms with Crippen molar-refractivity contribution in [1.29, 1.82) is 0 Å². The van der Waals surface area contributed by atoms with Gasteiger partial charge in [0.25, 0.3) is 0 Å². The fraction of sp³-hybridized carbons (Fsp3) is 0.500. The van der Waals surface area contributed by atoms with Gasteiger partial charge >= 0.3 is 6.61 Å². The van der Waals surface area contributed by atoms with Crippen molar-refractivity contribution in [1.82, 2.24) is 9.97 Å². The molecule has 0 amide bonds. The van der Waals surface area contributed by atoms with E-state index in [4.69, 9.17) is 4.98 Å². The van der Waals surface area contributed by atoms with Gasteiger partial charge in [0.15, 0.2) is 0 Å². The van der Waals surface area contributed by atoms with Gasteiger partial charge < -0.3 is 20.1 Å². The Kier molecular flexibility index (Phi) is 4.85. The number of anilines is 2. The number of rotatable bonds is 6. The Morgan fingerprint density at radius 1 is 1.27 bits per heavy atom. The molecule has 160 valence electrons. The lowest BCUT2D eigenvalue weighted by Crippen LogP contribution is -2.48. The zero-order chi connectivity index (χ0) is 20.9. The molecular weight excluding hydrogens is 414 g/mol. The maximum Gasteiger partial charge on any atom is 0.387 e. The molecule has 1 atom stereocenters. The first-order chi connectivity index (χ1) is 14.5. The van der Waals surface area contributed by atoms with Gasteiger partial charge in [0.2, 0.25) is 5.95 Å². The smallest absolute Gasteiger partial charge is 0.387 e. The molecule has 1 unspecified atom stereocenters. The van der Waals surface area contributed by atoms with E-state index in [0.29, 0.717) is 41.9 Å². The number of halogens is 2. The molecule has 10 heteroatoms. The number of hydrogen-bond donors (Lipinski definition) is 2. The minimum atomic E-state index is -2.86. The van der Waals surface area contributed by atoms with Crippen molar-refractivity contribution in [2.24, 2.45) is 0 Å². The highest BCUT2D eigenvalue weighted by molar-refractivity contribution is 7.85. The summed E-state index contributed by atoms with van der Waals surface area (Å²) in [6.07, 6.45) is 3.32. The summed E-state index contributed by atoms with van der Waals surface area (Å²) in [7, 11) is -1.16. The third-order valence-corrected chi connectivity index (χ3v) is 7.54. The second kappa shape index (κ2) is 7.42. The highest BCUT2D eigenvalue weighted by atomic mass is 32.2. The lowest BCUT2D eigenvalue weighted by atomic mass is 9.77. The van der Waals surface area contributed by atoms with E-state index >= 15 is 0 Å². The van der Waals surface area contributed by atoms with Crippen LogP contribution in [0.2, 0.25) is 0 Å². The number of aliphatic hydroxyl groups excluding tert-OH is 1. The van der Waals surface area contributed by atoms with Crippen molar-refractivity contribution in [2.75, 3.05) is 22.6 Å². The van der Waals surface area contributed by atoms with Gasteiger partial charge in [-0.15, -0.1) is 0 Å². The second-order valence-electron chi connectivity index (χ2n) is 8.03. The summed E-state index contributed by atoms with van der Waals surface area (Å²) in [5.41, 5.74) is 2.25. The molecule has 0 bridgehead atoms. The van der Waals surface area contributed by atoms with Crippen molar-refractivity contribution in [3.05, 3.63) is 35.0 Å². The summed E-state index contributed by atoms with van der Waals surface area (Å²) in [6, 6.07) is 4.94. The van der Waals surface area contributed by atoms with Crippen LogP contribution in [0.25, 0.3) is 0 Å². The van der Waals surface area contributed by atoms with Crippen molar-refractivity contribution >= 4 is 22.6 Å². The molecule has 1 aromatic carbocycles. The summed E-state index contributed by atoms with van der Waals surface area (Å²) < 4.78 is 42.1. The van der Waals surface area contributed by atoms with E-state index in [1.807, 2.05) is 4.90 Å². The van der Waals surface area contributed by atoms with Crippen LogP contribution in [0.5, 0.6) is 5.75 Å². The van der Waals surface area contributed by atoms with Gasteiger partial charge in [0.1, 0.15) is 16.5 Å². The third-order valence-electron chi connectivity index (χ3n) is 6.08. The van der Waals surface area contributed by atoms with Crippen LogP contribution in [0.4, 0.5) is 20.5 Å². The summed E-state index contributed by atoms with van der Waals surface area (Å²) in [4.78, 5) is 12.0. The number of fused-ring (bicyclic) bond motifs is 2. The van der Waals surface area contributed by atoms with Gasteiger partial charge in [-0.3, -0.25) is 4.21 Å². The van der Waals surface area contributed by atoms with Gasteiger partial charge in [0, 0.05) is 25.3 Å². The molecule has 3 heterocycles. The molecule has 0 saturated heterocycles. The number of ether oxygens (including phenoxy) is 1. The van der Waals surface area contributed by atoms with Crippen LogP contribution < -0.4 is 15.0 Å². The van der Waals surface area contributed by atoms with Crippen LogP contribution in [-0.2, 0) is 30.3 Å². The van der Waals surface area contributed by atoms with Gasteiger partial charge in [-0.05, 0) is 42.5 Å². The average Bonchev–Trinajstić information content (AvgIpc) is 3.27. The first-order valence-corrected chi connectivity index (χ1v) is 11.3. The van der Waals surface area contributed by atoms with E-state index in [2.05, 4.69) is 15.0 Å². The van der Waals surface area contributed by atoms with Gasteiger partial charge in [-0.1, -0.05) is 6.07 Å². The summed E-state index contributed by atoms with van der Waals surface area (Å²) in [5.74, 6) is 1.70. The summed E-state index contributed by atoms with van der Waals surface area (Å²) >= 11 is 0. The number of alkyl halides is 2. The average molecular weight is 436 g/mol. The van der Waals surface area contributed by atoms with Crippen LogP contribution in [0.15, 0.2) is 23.1 Å². The Hall–Kier alpha value is -2.33. The normalized spacial score (nSPS) is 21.3. The standard InChI is InChI=1S/C20H22F2N4O3S/c21-18(22)29-14-3-2-12-9-26(10-13(12)8-14)19-23-15-4-7-30(28)16(15)17(24-19)25-20(11-27)5-1-6-20/h2-3,8,18,27H,1,4-7,9-11H2,(H,23,24,25). The first kappa shape index (κ1) is 19.6. The van der Waals surface area contributed by atoms with E-state index in [1.54, 1.807) is 12.1 Å². The molecule has 0 radical (unpaired) electrons. The molecule has 2 aromatic rings. The molecule has 30 heavy (non-hydrogen) atoms. The maximum absolute atomic E-state index is 12.5. The van der Waals surface area contributed by atoms with Gasteiger partial charge in [0.05, 0.1) is 28.6 Å². The summed E-state index contributed by atoms with van der Waals surface area (Å²) in [5, 5.41) is 13.2. The highest BCUT2D eigenvalue weighted by Crippen LogP contribution is 2.39. The lowest BCUT2D eigenvalue weighted by molar-refractivity contribution is -0.0498. The largest absolute Gasteiger partial charge is 0.435 e. The molecular formula is C20H22F2N4O3S. The van der Waals surface area contributed by atoms with Gasteiger partial charge in [-0.25, -0.2) is 4.98 Å². The van der Waals surface area contributed by atoms with Crippen LogP contribution in [0.3, 0.4) is 0 Å². The molecule has 1 aliphatic carbocycles. The number of aryl methyl sites for hydroxylation is 1. The predicted molar refractivity (Wildman–Crippen MR) is 107 cm³/mol. The molecule has 5 rings (SSSR count). The SMILES string of the molecule is O=S1CCc2nc(N3Cc4ccc(OC(F)F)cc4C3)nc(NC3(CO)CCC3)c21. The lowest BCUT2D eigenvalue weighted by Gasteiger charge is -2.41. The number of nitrogens with zero attached hydrogens (tertiary/aromatic N) is 3. The molecule has 3 aliphatic rings. The van der Waals surface area contributed by atoms with E-state index in [1.165, 1.54) is 6.07 Å². The number of benzene rings is 1. The van der Waals surface area contributed by atoms with Gasteiger partial charge in [-0.2, -0.15) is 13.8 Å². The number of hydrogen-bond acceptors (Lipinski definition) is 7. The Morgan fingerprint density at radius 3 is 2.77 bits per heavy atom. The van der Waals surface area contributed by atoms with Crippen molar-refractivity contribution in [3.63, 3.8) is 0 Å². The summed E-state index contributed by atoms with van der Waals surface area (Å²) in [6.45, 7) is -1.84. The molecule has 1 aromatic heterocycles.